The third kappa shape index (κ3) is 3.48. The molecule has 2 aromatic carbocycles. The average Bonchev–Trinajstić information content (AvgIpc) is 2.45. The Morgan fingerprint density at radius 3 is 2.58 bits per heavy atom. The van der Waals surface area contributed by atoms with Gasteiger partial charge in [-0.1, -0.05) is 18.2 Å². The molecule has 19 heavy (non-hydrogen) atoms. The molecule has 0 aromatic heterocycles. The summed E-state index contributed by atoms with van der Waals surface area (Å²) in [6.45, 7) is 0. The molecule has 0 aliphatic rings. The van der Waals surface area contributed by atoms with Crippen LogP contribution in [-0.2, 0) is 4.74 Å². The number of benzene rings is 2. The van der Waals surface area contributed by atoms with E-state index in [-0.39, 0.29) is 11.8 Å². The zero-order valence-corrected chi connectivity index (χ0v) is 10.3. The number of esters is 1. The fourth-order valence-electron chi connectivity index (χ4n) is 1.53. The summed E-state index contributed by atoms with van der Waals surface area (Å²) in [5, 5.41) is 0. The quantitative estimate of drug-likeness (QED) is 0.624. The number of hydrogen-bond acceptors (Lipinski definition) is 3. The van der Waals surface area contributed by atoms with E-state index in [0.29, 0.717) is 11.3 Å². The number of carbonyl (C=O) groups excluding carboxylic acids is 1. The van der Waals surface area contributed by atoms with Crippen LogP contribution >= 0.6 is 0 Å². The number of methoxy groups -OCH3 is 1. The summed E-state index contributed by atoms with van der Waals surface area (Å²) in [4.78, 5) is 15.4. The van der Waals surface area contributed by atoms with Crippen molar-refractivity contribution in [3.63, 3.8) is 0 Å². The van der Waals surface area contributed by atoms with E-state index in [1.807, 2.05) is 0 Å². The maximum atomic E-state index is 12.9. The van der Waals surface area contributed by atoms with Crippen LogP contribution in [0.1, 0.15) is 15.9 Å². The summed E-state index contributed by atoms with van der Waals surface area (Å²) in [7, 11) is 1.33. The third-order valence-corrected chi connectivity index (χ3v) is 2.50. The Morgan fingerprint density at radius 2 is 1.95 bits per heavy atom. The van der Waals surface area contributed by atoms with Crippen LogP contribution in [0.4, 0.5) is 10.1 Å². The molecule has 0 aliphatic heterocycles. The Balaban J connectivity index is 2.13. The largest absolute Gasteiger partial charge is 0.465 e. The molecule has 96 valence electrons. The standard InChI is InChI=1S/C15H12FNO2/c1-19-15(18)12-7-5-11(6-8-12)10-17-14-4-2-3-13(16)9-14/h2-10H,1H3. The van der Waals surface area contributed by atoms with Gasteiger partial charge in [-0.3, -0.25) is 4.99 Å². The topological polar surface area (TPSA) is 38.7 Å². The molecule has 2 rings (SSSR count). The van der Waals surface area contributed by atoms with Crippen molar-refractivity contribution < 1.29 is 13.9 Å². The number of ether oxygens (including phenoxy) is 1. The van der Waals surface area contributed by atoms with Crippen molar-refractivity contribution in [1.29, 1.82) is 0 Å². The molecule has 0 unspecified atom stereocenters. The normalized spacial score (nSPS) is 10.6. The van der Waals surface area contributed by atoms with Gasteiger partial charge in [0.1, 0.15) is 5.82 Å². The number of carbonyl (C=O) groups is 1. The molecule has 4 heteroatoms. The average molecular weight is 257 g/mol. The van der Waals surface area contributed by atoms with E-state index in [2.05, 4.69) is 9.73 Å². The molecule has 0 saturated heterocycles. The minimum atomic E-state index is -0.381. The van der Waals surface area contributed by atoms with E-state index >= 15 is 0 Å². The first-order valence-electron chi connectivity index (χ1n) is 5.67. The summed E-state index contributed by atoms with van der Waals surface area (Å²) in [5.41, 5.74) is 1.83. The molecule has 0 amide bonds. The highest BCUT2D eigenvalue weighted by Gasteiger charge is 2.03. The zero-order chi connectivity index (χ0) is 13.7. The van der Waals surface area contributed by atoms with E-state index in [9.17, 15) is 9.18 Å². The van der Waals surface area contributed by atoms with E-state index in [0.717, 1.165) is 5.56 Å². The SMILES string of the molecule is COC(=O)c1ccc(C=Nc2cccc(F)c2)cc1. The summed E-state index contributed by atoms with van der Waals surface area (Å²) in [5.74, 6) is -0.704. The number of hydrogen-bond donors (Lipinski definition) is 0. The summed E-state index contributed by atoms with van der Waals surface area (Å²) < 4.78 is 17.6. The second-order valence-electron chi connectivity index (χ2n) is 3.85. The maximum Gasteiger partial charge on any atom is 0.337 e. The molecule has 0 N–H and O–H groups in total. The van der Waals surface area contributed by atoms with Crippen LogP contribution in [0.5, 0.6) is 0 Å². The molecule has 0 radical (unpaired) electrons. The first-order chi connectivity index (χ1) is 9.19. The van der Waals surface area contributed by atoms with Crippen molar-refractivity contribution >= 4 is 17.9 Å². The van der Waals surface area contributed by atoms with Gasteiger partial charge in [0, 0.05) is 6.21 Å². The van der Waals surface area contributed by atoms with Crippen LogP contribution in [0.15, 0.2) is 53.5 Å². The molecular weight excluding hydrogens is 245 g/mol. The zero-order valence-electron chi connectivity index (χ0n) is 10.3. The lowest BCUT2D eigenvalue weighted by Gasteiger charge is -1.99. The number of rotatable bonds is 3. The van der Waals surface area contributed by atoms with E-state index in [1.165, 1.54) is 19.2 Å². The van der Waals surface area contributed by atoms with Gasteiger partial charge in [0.2, 0.25) is 0 Å². The smallest absolute Gasteiger partial charge is 0.337 e. The third-order valence-electron chi connectivity index (χ3n) is 2.50. The lowest BCUT2D eigenvalue weighted by atomic mass is 10.1. The van der Waals surface area contributed by atoms with Gasteiger partial charge >= 0.3 is 5.97 Å². The molecule has 0 spiro atoms. The molecule has 0 atom stereocenters. The van der Waals surface area contributed by atoms with Crippen LogP contribution in [0.25, 0.3) is 0 Å². The monoisotopic (exact) mass is 257 g/mol. The first-order valence-corrected chi connectivity index (χ1v) is 5.67. The van der Waals surface area contributed by atoms with Crippen LogP contribution < -0.4 is 0 Å². The highest BCUT2D eigenvalue weighted by atomic mass is 19.1. The Labute approximate surface area is 110 Å². The predicted molar refractivity (Wildman–Crippen MR) is 71.4 cm³/mol. The highest BCUT2D eigenvalue weighted by molar-refractivity contribution is 5.90. The second kappa shape index (κ2) is 5.91. The van der Waals surface area contributed by atoms with Crippen molar-refractivity contribution in [3.05, 3.63) is 65.5 Å². The Morgan fingerprint density at radius 1 is 1.21 bits per heavy atom. The number of aliphatic imine (C=N–C) groups is 1. The van der Waals surface area contributed by atoms with E-state index in [1.54, 1.807) is 42.6 Å². The van der Waals surface area contributed by atoms with Crippen molar-refractivity contribution in [1.82, 2.24) is 0 Å². The van der Waals surface area contributed by atoms with Gasteiger partial charge in [-0.15, -0.1) is 0 Å². The lowest BCUT2D eigenvalue weighted by Crippen LogP contribution is -2.00. The number of nitrogens with zero attached hydrogens (tertiary/aromatic N) is 1. The molecule has 0 saturated carbocycles. The first kappa shape index (κ1) is 13.0. The lowest BCUT2D eigenvalue weighted by molar-refractivity contribution is 0.0600. The molecule has 0 aliphatic carbocycles. The van der Waals surface area contributed by atoms with E-state index < -0.39 is 0 Å². The van der Waals surface area contributed by atoms with Gasteiger partial charge in [0.15, 0.2) is 0 Å². The fourth-order valence-corrected chi connectivity index (χ4v) is 1.53. The molecule has 0 heterocycles. The van der Waals surface area contributed by atoms with Crippen LogP contribution in [0.2, 0.25) is 0 Å². The van der Waals surface area contributed by atoms with Gasteiger partial charge in [-0.2, -0.15) is 0 Å². The van der Waals surface area contributed by atoms with E-state index in [4.69, 9.17) is 0 Å². The van der Waals surface area contributed by atoms with Crippen molar-refractivity contribution in [2.75, 3.05) is 7.11 Å². The minimum absolute atomic E-state index is 0.323. The molecular formula is C15H12FNO2. The number of halogens is 1. The highest BCUT2D eigenvalue weighted by Crippen LogP contribution is 2.13. The predicted octanol–water partition coefficient (Wildman–Crippen LogP) is 3.36. The van der Waals surface area contributed by atoms with Crippen LogP contribution in [-0.4, -0.2) is 19.3 Å². The molecule has 0 fully saturated rings. The minimum Gasteiger partial charge on any atom is -0.465 e. The Hall–Kier alpha value is -2.49. The van der Waals surface area contributed by atoms with Crippen LogP contribution in [0.3, 0.4) is 0 Å². The summed E-state index contributed by atoms with van der Waals surface area (Å²) >= 11 is 0. The van der Waals surface area contributed by atoms with Gasteiger partial charge in [0.25, 0.3) is 0 Å². The Bertz CT molecular complexity index is 606. The van der Waals surface area contributed by atoms with Gasteiger partial charge in [-0.25, -0.2) is 9.18 Å². The fraction of sp³-hybridized carbons (Fsp3) is 0.0667. The summed E-state index contributed by atoms with van der Waals surface area (Å²) in [6, 6.07) is 12.8. The molecule has 0 bridgehead atoms. The Kier molecular flexibility index (Phi) is 4.03. The molecule has 3 nitrogen and oxygen atoms in total. The summed E-state index contributed by atoms with van der Waals surface area (Å²) in [6.07, 6.45) is 1.61. The van der Waals surface area contributed by atoms with Gasteiger partial charge < -0.3 is 4.74 Å². The second-order valence-corrected chi connectivity index (χ2v) is 3.85. The van der Waals surface area contributed by atoms with Crippen LogP contribution in [0, 0.1) is 5.82 Å². The van der Waals surface area contributed by atoms with Crippen molar-refractivity contribution in [3.8, 4) is 0 Å². The van der Waals surface area contributed by atoms with Crippen molar-refractivity contribution in [2.45, 2.75) is 0 Å². The van der Waals surface area contributed by atoms with Gasteiger partial charge in [0.05, 0.1) is 18.4 Å². The van der Waals surface area contributed by atoms with Crippen molar-refractivity contribution in [2.24, 2.45) is 4.99 Å². The van der Waals surface area contributed by atoms with Gasteiger partial charge in [-0.05, 0) is 35.9 Å². The maximum absolute atomic E-state index is 12.9. The molecule has 2 aromatic rings.